The van der Waals surface area contributed by atoms with E-state index in [4.69, 9.17) is 0 Å². The van der Waals surface area contributed by atoms with Crippen molar-refractivity contribution in [2.75, 3.05) is 0 Å². The van der Waals surface area contributed by atoms with Gasteiger partial charge < -0.3 is 4.74 Å². The van der Waals surface area contributed by atoms with Crippen molar-refractivity contribution in [3.63, 3.8) is 0 Å². The molecule has 0 saturated carbocycles. The van der Waals surface area contributed by atoms with Crippen LogP contribution < -0.4 is 4.74 Å². The van der Waals surface area contributed by atoms with Gasteiger partial charge in [-0.25, -0.2) is 0 Å². The fraction of sp³-hybridized carbons (Fsp3) is 0.333. The van der Waals surface area contributed by atoms with E-state index in [2.05, 4.69) is 4.74 Å². The molecular weight excluding hydrogens is 234 g/mol. The third kappa shape index (κ3) is 2.79. The number of thiophene rings is 1. The molecule has 0 N–H and O–H groups in total. The Hall–Kier alpha value is -0.920. The van der Waals surface area contributed by atoms with Gasteiger partial charge in [-0.3, -0.25) is 0 Å². The van der Waals surface area contributed by atoms with Crippen LogP contribution in [0.15, 0.2) is 10.8 Å². The quantitative estimate of drug-likeness (QED) is 0.676. The van der Waals surface area contributed by atoms with Gasteiger partial charge in [-0.15, -0.1) is 24.5 Å². The maximum Gasteiger partial charge on any atom is 0.573 e. The van der Waals surface area contributed by atoms with E-state index >= 15 is 0 Å². The Balaban J connectivity index is 2.95. The molecule has 14 heavy (non-hydrogen) atoms. The summed E-state index contributed by atoms with van der Waals surface area (Å²) >= 11 is 0.489. The van der Waals surface area contributed by atoms with Crippen molar-refractivity contribution in [2.24, 2.45) is 0 Å². The van der Waals surface area contributed by atoms with E-state index in [9.17, 15) is 26.3 Å². The minimum absolute atomic E-state index is 0.489. The van der Waals surface area contributed by atoms with Crippen LogP contribution in [0.5, 0.6) is 5.75 Å². The fourth-order valence-electron chi connectivity index (χ4n) is 0.696. The lowest BCUT2D eigenvalue weighted by atomic mass is 10.3. The van der Waals surface area contributed by atoms with Gasteiger partial charge in [0.25, 0.3) is 0 Å². The molecule has 8 heteroatoms. The Labute approximate surface area is 77.9 Å². The lowest BCUT2D eigenvalue weighted by Crippen LogP contribution is -2.19. The molecule has 0 aliphatic carbocycles. The Bertz CT molecular complexity index is 311. The SMILES string of the molecule is FC(F)(F)Oc1cscc1C(F)(F)F. The number of hydrogen-bond donors (Lipinski definition) is 0. The van der Waals surface area contributed by atoms with Crippen LogP contribution in [0.1, 0.15) is 5.56 Å². The average molecular weight is 236 g/mol. The van der Waals surface area contributed by atoms with E-state index in [1.54, 1.807) is 0 Å². The van der Waals surface area contributed by atoms with Gasteiger partial charge in [0.15, 0.2) is 5.75 Å². The van der Waals surface area contributed by atoms with Crippen LogP contribution in [-0.2, 0) is 6.18 Å². The monoisotopic (exact) mass is 236 g/mol. The van der Waals surface area contributed by atoms with E-state index in [1.165, 1.54) is 0 Å². The maximum atomic E-state index is 12.0. The highest BCUT2D eigenvalue weighted by molar-refractivity contribution is 7.08. The number of halogens is 6. The van der Waals surface area contributed by atoms with Crippen molar-refractivity contribution in [3.05, 3.63) is 16.3 Å². The largest absolute Gasteiger partial charge is 0.573 e. The zero-order chi connectivity index (χ0) is 11.0. The van der Waals surface area contributed by atoms with Gasteiger partial charge in [0.05, 0.1) is 0 Å². The summed E-state index contributed by atoms with van der Waals surface area (Å²) in [6.45, 7) is 0. The summed E-state index contributed by atoms with van der Waals surface area (Å²) in [4.78, 5) is 0. The molecule has 80 valence electrons. The molecular formula is C6H2F6OS. The number of hydrogen-bond acceptors (Lipinski definition) is 2. The molecule has 0 bridgehead atoms. The molecule has 0 aliphatic rings. The summed E-state index contributed by atoms with van der Waals surface area (Å²) in [6.07, 6.45) is -9.94. The van der Waals surface area contributed by atoms with Crippen molar-refractivity contribution in [2.45, 2.75) is 12.5 Å². The minimum Gasteiger partial charge on any atom is -0.404 e. The van der Waals surface area contributed by atoms with Crippen LogP contribution in [0.2, 0.25) is 0 Å². The van der Waals surface area contributed by atoms with Crippen molar-refractivity contribution in [1.29, 1.82) is 0 Å². The zero-order valence-corrected chi connectivity index (χ0v) is 7.06. The molecule has 0 saturated heterocycles. The molecule has 1 aromatic heterocycles. The van der Waals surface area contributed by atoms with Gasteiger partial charge in [-0.05, 0) is 0 Å². The van der Waals surface area contributed by atoms with Gasteiger partial charge in [0.2, 0.25) is 0 Å². The maximum absolute atomic E-state index is 12.0. The number of alkyl halides is 6. The topological polar surface area (TPSA) is 9.23 Å². The Morgan fingerprint density at radius 1 is 1.00 bits per heavy atom. The summed E-state index contributed by atoms with van der Waals surface area (Å²) in [5.74, 6) is -1.21. The molecule has 1 aromatic rings. The lowest BCUT2D eigenvalue weighted by molar-refractivity contribution is -0.276. The molecule has 0 fully saturated rings. The van der Waals surface area contributed by atoms with Crippen LogP contribution >= 0.6 is 11.3 Å². The lowest BCUT2D eigenvalue weighted by Gasteiger charge is -2.10. The fourth-order valence-corrected chi connectivity index (χ4v) is 1.45. The molecule has 0 unspecified atom stereocenters. The Kier molecular flexibility index (Phi) is 2.66. The average Bonchev–Trinajstić information content (AvgIpc) is 2.29. The number of rotatable bonds is 1. The zero-order valence-electron chi connectivity index (χ0n) is 6.24. The smallest absolute Gasteiger partial charge is 0.404 e. The van der Waals surface area contributed by atoms with Crippen LogP contribution in [0.3, 0.4) is 0 Å². The third-order valence-corrected chi connectivity index (χ3v) is 1.88. The van der Waals surface area contributed by atoms with Crippen molar-refractivity contribution >= 4 is 11.3 Å². The second kappa shape index (κ2) is 3.34. The highest BCUT2D eigenvalue weighted by atomic mass is 32.1. The van der Waals surface area contributed by atoms with E-state index in [-0.39, 0.29) is 0 Å². The summed E-state index contributed by atoms with van der Waals surface area (Å²) in [7, 11) is 0. The molecule has 1 heterocycles. The van der Waals surface area contributed by atoms with Gasteiger partial charge in [-0.2, -0.15) is 13.2 Å². The van der Waals surface area contributed by atoms with E-state index in [1.807, 2.05) is 0 Å². The summed E-state index contributed by atoms with van der Waals surface area (Å²) in [5.41, 5.74) is -1.42. The van der Waals surface area contributed by atoms with Crippen LogP contribution in [0.25, 0.3) is 0 Å². The molecule has 0 aromatic carbocycles. The third-order valence-electron chi connectivity index (χ3n) is 1.16. The van der Waals surface area contributed by atoms with Crippen molar-refractivity contribution in [3.8, 4) is 5.75 Å². The first kappa shape index (κ1) is 11.2. The standard InChI is InChI=1S/C6H2F6OS/c7-5(8,9)3-1-14-2-4(3)13-6(10,11)12/h1-2H. The highest BCUT2D eigenvalue weighted by Crippen LogP contribution is 2.40. The molecule has 0 radical (unpaired) electrons. The van der Waals surface area contributed by atoms with Gasteiger partial charge in [-0.1, -0.05) is 0 Å². The second-order valence-corrected chi connectivity index (χ2v) is 2.94. The van der Waals surface area contributed by atoms with Gasteiger partial charge in [0.1, 0.15) is 5.56 Å². The first-order valence-electron chi connectivity index (χ1n) is 3.09. The van der Waals surface area contributed by atoms with E-state index in [0.717, 1.165) is 0 Å². The molecule has 1 nitrogen and oxygen atoms in total. The second-order valence-electron chi connectivity index (χ2n) is 2.20. The first-order chi connectivity index (χ1) is 6.20. The van der Waals surface area contributed by atoms with Crippen LogP contribution in [-0.4, -0.2) is 6.36 Å². The van der Waals surface area contributed by atoms with Crippen LogP contribution in [0.4, 0.5) is 26.3 Å². The highest BCUT2D eigenvalue weighted by Gasteiger charge is 2.39. The summed E-state index contributed by atoms with van der Waals surface area (Å²) in [5, 5.41) is 1.21. The Morgan fingerprint density at radius 3 is 2.00 bits per heavy atom. The summed E-state index contributed by atoms with van der Waals surface area (Å²) < 4.78 is 74.0. The molecule has 1 rings (SSSR count). The normalized spacial score (nSPS) is 13.0. The first-order valence-corrected chi connectivity index (χ1v) is 4.03. The van der Waals surface area contributed by atoms with Gasteiger partial charge in [0, 0.05) is 10.8 Å². The minimum atomic E-state index is -5.11. The number of ether oxygens (including phenoxy) is 1. The van der Waals surface area contributed by atoms with Crippen molar-refractivity contribution < 1.29 is 31.1 Å². The van der Waals surface area contributed by atoms with Crippen molar-refractivity contribution in [1.82, 2.24) is 0 Å². The predicted octanol–water partition coefficient (Wildman–Crippen LogP) is 3.67. The van der Waals surface area contributed by atoms with Crippen LogP contribution in [0, 0.1) is 0 Å². The summed E-state index contributed by atoms with van der Waals surface area (Å²) in [6, 6.07) is 0. The molecule has 0 aliphatic heterocycles. The molecule has 0 amide bonds. The predicted molar refractivity (Wildman–Crippen MR) is 36.0 cm³/mol. The van der Waals surface area contributed by atoms with Gasteiger partial charge >= 0.3 is 12.5 Å². The molecule has 0 atom stereocenters. The molecule has 0 spiro atoms. The van der Waals surface area contributed by atoms with E-state index < -0.39 is 23.9 Å². The Morgan fingerprint density at radius 2 is 1.57 bits per heavy atom. The van der Waals surface area contributed by atoms with E-state index in [0.29, 0.717) is 22.1 Å².